The number of rotatable bonds is 6. The summed E-state index contributed by atoms with van der Waals surface area (Å²) in [6.45, 7) is 5.54. The first kappa shape index (κ1) is 14.6. The number of likely N-dealkylation sites (N-methyl/N-ethyl adjacent to an activating group) is 1. The molecule has 0 saturated carbocycles. The highest BCUT2D eigenvalue weighted by molar-refractivity contribution is 5.47. The molecule has 1 N–H and O–H groups in total. The quantitative estimate of drug-likeness (QED) is 0.865. The molecule has 0 fully saturated rings. The molecule has 2 heteroatoms. The third-order valence-corrected chi connectivity index (χ3v) is 3.67. The van der Waals surface area contributed by atoms with Crippen LogP contribution in [0.4, 0.5) is 5.69 Å². The maximum atomic E-state index is 9.22. The van der Waals surface area contributed by atoms with Crippen LogP contribution in [0, 0.1) is 0 Å². The van der Waals surface area contributed by atoms with Crippen molar-refractivity contribution in [3.05, 3.63) is 65.7 Å². The zero-order valence-corrected chi connectivity index (χ0v) is 12.3. The Kier molecular flexibility index (Phi) is 5.19. The minimum atomic E-state index is 0.110. The van der Waals surface area contributed by atoms with E-state index < -0.39 is 0 Å². The van der Waals surface area contributed by atoms with Crippen LogP contribution in [0.5, 0.6) is 0 Å². The van der Waals surface area contributed by atoms with Crippen molar-refractivity contribution < 1.29 is 5.11 Å². The molecule has 0 aliphatic heterocycles. The van der Waals surface area contributed by atoms with Gasteiger partial charge in [0.1, 0.15) is 0 Å². The van der Waals surface area contributed by atoms with E-state index in [2.05, 4.69) is 55.1 Å². The van der Waals surface area contributed by atoms with E-state index >= 15 is 0 Å². The van der Waals surface area contributed by atoms with Gasteiger partial charge in [-0.1, -0.05) is 42.5 Å². The number of aliphatic hydroxyl groups is 1. The lowest BCUT2D eigenvalue weighted by Gasteiger charge is -2.30. The van der Waals surface area contributed by atoms with Gasteiger partial charge in [0.05, 0.1) is 6.61 Å². The van der Waals surface area contributed by atoms with E-state index in [1.807, 2.05) is 18.2 Å². The summed E-state index contributed by atoms with van der Waals surface area (Å²) in [5.41, 5.74) is 3.52. The van der Waals surface area contributed by atoms with Crippen molar-refractivity contribution in [3.8, 4) is 0 Å². The molecule has 2 nitrogen and oxygen atoms in total. The molecule has 0 amide bonds. The number of nitrogens with zero attached hydrogens (tertiary/aromatic N) is 1. The van der Waals surface area contributed by atoms with Gasteiger partial charge in [0.25, 0.3) is 0 Å². The zero-order valence-electron chi connectivity index (χ0n) is 12.3. The molecule has 0 aliphatic rings. The number of para-hydroxylation sites is 1. The lowest BCUT2D eigenvalue weighted by Crippen LogP contribution is -2.34. The van der Waals surface area contributed by atoms with Crippen molar-refractivity contribution in [2.45, 2.75) is 32.9 Å². The van der Waals surface area contributed by atoms with E-state index in [4.69, 9.17) is 0 Å². The highest BCUT2D eigenvalue weighted by atomic mass is 16.3. The van der Waals surface area contributed by atoms with Crippen LogP contribution in [0.2, 0.25) is 0 Å². The lowest BCUT2D eigenvalue weighted by atomic mass is 10.0. The van der Waals surface area contributed by atoms with E-state index in [-0.39, 0.29) is 6.61 Å². The van der Waals surface area contributed by atoms with Crippen LogP contribution in [-0.4, -0.2) is 17.7 Å². The molecule has 0 aromatic heterocycles. The molecule has 0 aliphatic carbocycles. The predicted octanol–water partition coefficient (Wildman–Crippen LogP) is 3.64. The van der Waals surface area contributed by atoms with Gasteiger partial charge < -0.3 is 10.0 Å². The molecule has 20 heavy (non-hydrogen) atoms. The summed E-state index contributed by atoms with van der Waals surface area (Å²) in [6.07, 6.45) is 0.983. The molecular formula is C18H23NO. The highest BCUT2D eigenvalue weighted by Crippen LogP contribution is 2.19. The average Bonchev–Trinajstić information content (AvgIpc) is 2.49. The Hall–Kier alpha value is -1.80. The van der Waals surface area contributed by atoms with Gasteiger partial charge in [0.2, 0.25) is 0 Å². The molecule has 106 valence electrons. The minimum absolute atomic E-state index is 0.110. The monoisotopic (exact) mass is 269 g/mol. The Balaban J connectivity index is 2.11. The topological polar surface area (TPSA) is 23.5 Å². The fourth-order valence-electron chi connectivity index (χ4n) is 2.67. The Morgan fingerprint density at radius 2 is 1.70 bits per heavy atom. The number of aliphatic hydroxyl groups excluding tert-OH is 1. The molecule has 0 spiro atoms. The molecule has 0 radical (unpaired) electrons. The van der Waals surface area contributed by atoms with Crippen molar-refractivity contribution >= 4 is 5.69 Å². The number of anilines is 1. The van der Waals surface area contributed by atoms with Gasteiger partial charge in [0.15, 0.2) is 0 Å². The summed E-state index contributed by atoms with van der Waals surface area (Å²) >= 11 is 0. The van der Waals surface area contributed by atoms with Crippen LogP contribution in [-0.2, 0) is 13.0 Å². The third-order valence-electron chi connectivity index (χ3n) is 3.67. The molecule has 2 rings (SSSR count). The van der Waals surface area contributed by atoms with E-state index in [0.29, 0.717) is 6.04 Å². The second-order valence-electron chi connectivity index (χ2n) is 5.15. The first-order valence-corrected chi connectivity index (χ1v) is 7.25. The van der Waals surface area contributed by atoms with Gasteiger partial charge in [-0.2, -0.15) is 0 Å². The lowest BCUT2D eigenvalue weighted by molar-refractivity contribution is 0.281. The average molecular weight is 269 g/mol. The number of hydrogen-bond acceptors (Lipinski definition) is 2. The van der Waals surface area contributed by atoms with E-state index in [9.17, 15) is 5.11 Å². The molecule has 2 aromatic rings. The van der Waals surface area contributed by atoms with E-state index in [1.165, 1.54) is 11.3 Å². The van der Waals surface area contributed by atoms with Crippen LogP contribution in [0.1, 0.15) is 25.0 Å². The van der Waals surface area contributed by atoms with Crippen molar-refractivity contribution in [2.24, 2.45) is 0 Å². The first-order valence-electron chi connectivity index (χ1n) is 7.25. The highest BCUT2D eigenvalue weighted by Gasteiger charge is 2.13. The van der Waals surface area contributed by atoms with Crippen molar-refractivity contribution in [1.29, 1.82) is 0 Å². The van der Waals surface area contributed by atoms with Crippen LogP contribution >= 0.6 is 0 Å². The van der Waals surface area contributed by atoms with Crippen LogP contribution < -0.4 is 4.90 Å². The molecule has 0 saturated heterocycles. The third kappa shape index (κ3) is 3.61. The second-order valence-corrected chi connectivity index (χ2v) is 5.15. The Morgan fingerprint density at radius 3 is 2.35 bits per heavy atom. The molecule has 0 heterocycles. The summed E-state index contributed by atoms with van der Waals surface area (Å²) in [5.74, 6) is 0. The van der Waals surface area contributed by atoms with Crippen LogP contribution in [0.25, 0.3) is 0 Å². The molecule has 1 atom stereocenters. The van der Waals surface area contributed by atoms with Gasteiger partial charge in [0, 0.05) is 18.3 Å². The van der Waals surface area contributed by atoms with Crippen LogP contribution in [0.3, 0.4) is 0 Å². The standard InChI is InChI=1S/C18H23NO/c1-3-19(18-10-5-4-6-11-18)15(2)12-16-8-7-9-17(13-16)14-20/h4-11,13,15,20H,3,12,14H2,1-2H3/t15-/m1/s1. The SMILES string of the molecule is CCN(c1ccccc1)[C@H](C)Cc1cccc(CO)c1. The van der Waals surface area contributed by atoms with Gasteiger partial charge >= 0.3 is 0 Å². The second kappa shape index (κ2) is 7.11. The Labute approximate surface area is 121 Å². The number of benzene rings is 2. The van der Waals surface area contributed by atoms with Gasteiger partial charge in [-0.15, -0.1) is 0 Å². The Bertz CT molecular complexity index is 524. The van der Waals surface area contributed by atoms with Gasteiger partial charge in [-0.05, 0) is 43.5 Å². The van der Waals surface area contributed by atoms with E-state index in [0.717, 1.165) is 18.5 Å². The van der Waals surface area contributed by atoms with Crippen LogP contribution in [0.15, 0.2) is 54.6 Å². The summed E-state index contributed by atoms with van der Waals surface area (Å²) in [4.78, 5) is 2.41. The summed E-state index contributed by atoms with van der Waals surface area (Å²) < 4.78 is 0. The molecule has 2 aromatic carbocycles. The predicted molar refractivity (Wildman–Crippen MR) is 85.0 cm³/mol. The van der Waals surface area contributed by atoms with Crippen molar-refractivity contribution in [2.75, 3.05) is 11.4 Å². The van der Waals surface area contributed by atoms with Gasteiger partial charge in [-0.3, -0.25) is 0 Å². The zero-order chi connectivity index (χ0) is 14.4. The first-order chi connectivity index (χ1) is 9.74. The van der Waals surface area contributed by atoms with Gasteiger partial charge in [-0.25, -0.2) is 0 Å². The summed E-state index contributed by atoms with van der Waals surface area (Å²) in [7, 11) is 0. The van der Waals surface area contributed by atoms with Crippen molar-refractivity contribution in [1.82, 2.24) is 0 Å². The summed E-state index contributed by atoms with van der Waals surface area (Å²) in [6, 6.07) is 19.2. The maximum Gasteiger partial charge on any atom is 0.0681 e. The Morgan fingerprint density at radius 1 is 1.00 bits per heavy atom. The van der Waals surface area contributed by atoms with E-state index in [1.54, 1.807) is 0 Å². The summed E-state index contributed by atoms with van der Waals surface area (Å²) in [5, 5.41) is 9.22. The minimum Gasteiger partial charge on any atom is -0.392 e. The number of hydrogen-bond donors (Lipinski definition) is 1. The molecule has 0 bridgehead atoms. The largest absolute Gasteiger partial charge is 0.392 e. The maximum absolute atomic E-state index is 9.22. The fourth-order valence-corrected chi connectivity index (χ4v) is 2.67. The fraction of sp³-hybridized carbons (Fsp3) is 0.333. The smallest absolute Gasteiger partial charge is 0.0681 e. The van der Waals surface area contributed by atoms with Crippen molar-refractivity contribution in [3.63, 3.8) is 0 Å². The molecular weight excluding hydrogens is 246 g/mol. The normalized spacial score (nSPS) is 12.2. The molecule has 0 unspecified atom stereocenters.